The van der Waals surface area contributed by atoms with Gasteiger partial charge in [-0.15, -0.1) is 11.3 Å². The van der Waals surface area contributed by atoms with E-state index in [1.165, 1.54) is 16.2 Å². The van der Waals surface area contributed by atoms with Gasteiger partial charge in [0.15, 0.2) is 5.13 Å². The summed E-state index contributed by atoms with van der Waals surface area (Å²) in [5.41, 5.74) is 3.72. The second-order valence-electron chi connectivity index (χ2n) is 7.70. The molecular weight excluding hydrogens is 424 g/mol. The van der Waals surface area contributed by atoms with Crippen LogP contribution in [0.1, 0.15) is 18.4 Å². The lowest BCUT2D eigenvalue weighted by molar-refractivity contribution is -0.120. The highest BCUT2D eigenvalue weighted by Crippen LogP contribution is 2.28. The van der Waals surface area contributed by atoms with Crippen LogP contribution in [-0.4, -0.2) is 39.5 Å². The van der Waals surface area contributed by atoms with E-state index in [1.807, 2.05) is 66.2 Å². The van der Waals surface area contributed by atoms with Gasteiger partial charge in [0.05, 0.1) is 5.69 Å². The van der Waals surface area contributed by atoms with Gasteiger partial charge in [-0.2, -0.15) is 0 Å². The predicted molar refractivity (Wildman–Crippen MR) is 124 cm³/mol. The molecule has 2 aromatic carbocycles. The molecule has 162 valence electrons. The molecule has 0 radical (unpaired) electrons. The summed E-state index contributed by atoms with van der Waals surface area (Å²) < 4.78 is 5.42. The molecule has 0 unspecified atom stereocenters. The second kappa shape index (κ2) is 8.84. The first kappa shape index (κ1) is 20.3. The summed E-state index contributed by atoms with van der Waals surface area (Å²) in [7, 11) is 0. The minimum atomic E-state index is -0.555. The van der Waals surface area contributed by atoms with Gasteiger partial charge in [0.2, 0.25) is 5.91 Å². The minimum Gasteiger partial charge on any atom is -0.445 e. The third-order valence-electron chi connectivity index (χ3n) is 5.58. The van der Waals surface area contributed by atoms with Crippen LogP contribution < -0.4 is 5.32 Å². The number of carbonyl (C=O) groups is 2. The number of hydrogen-bond donors (Lipinski definition) is 2. The molecule has 1 saturated heterocycles. The number of amides is 2. The highest BCUT2D eigenvalue weighted by molar-refractivity contribution is 7.14. The molecule has 0 aliphatic carbocycles. The summed E-state index contributed by atoms with van der Waals surface area (Å²) in [5.74, 6) is -0.236. The Hall–Kier alpha value is -3.65. The molecule has 32 heavy (non-hydrogen) atoms. The van der Waals surface area contributed by atoms with E-state index < -0.39 is 12.1 Å². The van der Waals surface area contributed by atoms with Crippen LogP contribution in [0.2, 0.25) is 0 Å². The summed E-state index contributed by atoms with van der Waals surface area (Å²) in [5, 5.41) is 6.44. The lowest BCUT2D eigenvalue weighted by atomic mass is 10.1. The first-order chi connectivity index (χ1) is 15.7. The van der Waals surface area contributed by atoms with Crippen LogP contribution in [0.25, 0.3) is 22.2 Å². The predicted octanol–water partition coefficient (Wildman–Crippen LogP) is 5.03. The fourth-order valence-electron chi connectivity index (χ4n) is 3.92. The Bertz CT molecular complexity index is 1250. The van der Waals surface area contributed by atoms with Gasteiger partial charge in [-0.05, 0) is 35.9 Å². The number of nitrogens with zero attached hydrogens (tertiary/aromatic N) is 2. The summed E-state index contributed by atoms with van der Waals surface area (Å²) >= 11 is 1.37. The number of aromatic nitrogens is 2. The SMILES string of the molecule is O=C(Nc1nc(-c2ccc3cc[nH]c3c2)cs1)[C@@H]1CCCN1C(=O)OCc1ccccc1. The number of aromatic amines is 1. The largest absolute Gasteiger partial charge is 0.445 e. The molecule has 0 saturated carbocycles. The van der Waals surface area contributed by atoms with E-state index >= 15 is 0 Å². The molecule has 0 bridgehead atoms. The zero-order valence-corrected chi connectivity index (χ0v) is 18.1. The van der Waals surface area contributed by atoms with Crippen molar-refractivity contribution in [2.45, 2.75) is 25.5 Å². The van der Waals surface area contributed by atoms with Gasteiger partial charge in [-0.25, -0.2) is 9.78 Å². The molecule has 1 aliphatic heterocycles. The molecule has 2 N–H and O–H groups in total. The first-order valence-corrected chi connectivity index (χ1v) is 11.4. The molecule has 1 aliphatic rings. The average molecular weight is 447 g/mol. The molecule has 7 nitrogen and oxygen atoms in total. The van der Waals surface area contributed by atoms with E-state index in [0.29, 0.717) is 18.1 Å². The highest BCUT2D eigenvalue weighted by atomic mass is 32.1. The van der Waals surface area contributed by atoms with Crippen molar-refractivity contribution in [1.29, 1.82) is 0 Å². The Morgan fingerprint density at radius 3 is 2.94 bits per heavy atom. The zero-order chi connectivity index (χ0) is 21.9. The molecule has 1 atom stereocenters. The van der Waals surface area contributed by atoms with Crippen LogP contribution in [0.15, 0.2) is 66.2 Å². The first-order valence-electron chi connectivity index (χ1n) is 10.5. The van der Waals surface area contributed by atoms with Crippen LogP contribution >= 0.6 is 11.3 Å². The Labute approximate surface area is 189 Å². The van der Waals surface area contributed by atoms with Gasteiger partial charge in [0.25, 0.3) is 0 Å². The van der Waals surface area contributed by atoms with Crippen LogP contribution in [0.5, 0.6) is 0 Å². The summed E-state index contributed by atoms with van der Waals surface area (Å²) in [6, 6.07) is 17.1. The van der Waals surface area contributed by atoms with E-state index in [-0.39, 0.29) is 12.5 Å². The van der Waals surface area contributed by atoms with Crippen molar-refractivity contribution in [1.82, 2.24) is 14.9 Å². The third-order valence-corrected chi connectivity index (χ3v) is 6.34. The van der Waals surface area contributed by atoms with Gasteiger partial charge in [0, 0.05) is 29.2 Å². The van der Waals surface area contributed by atoms with Crippen molar-refractivity contribution < 1.29 is 14.3 Å². The maximum atomic E-state index is 12.9. The lowest BCUT2D eigenvalue weighted by Gasteiger charge is -2.22. The molecule has 2 amide bonds. The van der Waals surface area contributed by atoms with Gasteiger partial charge in [0.1, 0.15) is 12.6 Å². The van der Waals surface area contributed by atoms with Crippen LogP contribution in [0, 0.1) is 0 Å². The van der Waals surface area contributed by atoms with E-state index in [4.69, 9.17) is 4.74 Å². The molecule has 5 rings (SSSR count). The fraction of sp³-hybridized carbons (Fsp3) is 0.208. The van der Waals surface area contributed by atoms with Gasteiger partial charge in [-0.3, -0.25) is 9.69 Å². The van der Waals surface area contributed by atoms with Crippen LogP contribution in [0.3, 0.4) is 0 Å². The summed E-state index contributed by atoms with van der Waals surface area (Å²) in [6.07, 6.45) is 2.80. The normalized spacial score (nSPS) is 15.8. The molecule has 8 heteroatoms. The van der Waals surface area contributed by atoms with Gasteiger partial charge < -0.3 is 15.0 Å². The van der Waals surface area contributed by atoms with Crippen molar-refractivity contribution in [3.8, 4) is 11.3 Å². The Morgan fingerprint density at radius 2 is 2.06 bits per heavy atom. The standard InChI is InChI=1S/C24H22N4O3S/c29-22(21-7-4-12-28(21)24(30)31-14-16-5-2-1-3-6-16)27-23-26-20(15-32-23)18-9-8-17-10-11-25-19(17)13-18/h1-3,5-6,8-11,13,15,21,25H,4,7,12,14H2,(H,26,27,29)/t21-/m0/s1. The number of H-pyrrole nitrogens is 1. The number of fused-ring (bicyclic) bond motifs is 1. The average Bonchev–Trinajstić information content (AvgIpc) is 3.58. The van der Waals surface area contributed by atoms with Crippen molar-refractivity contribution >= 4 is 39.4 Å². The van der Waals surface area contributed by atoms with E-state index in [9.17, 15) is 9.59 Å². The van der Waals surface area contributed by atoms with E-state index in [2.05, 4.69) is 15.3 Å². The number of hydrogen-bond acceptors (Lipinski definition) is 5. The summed E-state index contributed by atoms with van der Waals surface area (Å²) in [6.45, 7) is 0.691. The maximum absolute atomic E-state index is 12.9. The number of carbonyl (C=O) groups excluding carboxylic acids is 2. The third kappa shape index (κ3) is 4.22. The Morgan fingerprint density at radius 1 is 1.19 bits per heavy atom. The smallest absolute Gasteiger partial charge is 0.410 e. The molecule has 1 fully saturated rings. The van der Waals surface area contributed by atoms with Crippen LogP contribution in [-0.2, 0) is 16.1 Å². The monoisotopic (exact) mass is 446 g/mol. The Balaban J connectivity index is 1.22. The minimum absolute atomic E-state index is 0.186. The zero-order valence-electron chi connectivity index (χ0n) is 17.3. The van der Waals surface area contributed by atoms with Gasteiger partial charge >= 0.3 is 6.09 Å². The quantitative estimate of drug-likeness (QED) is 0.450. The maximum Gasteiger partial charge on any atom is 0.410 e. The molecule has 0 spiro atoms. The number of benzene rings is 2. The van der Waals surface area contributed by atoms with Crippen LogP contribution in [0.4, 0.5) is 9.93 Å². The number of anilines is 1. The number of nitrogens with one attached hydrogen (secondary N) is 2. The lowest BCUT2D eigenvalue weighted by Crippen LogP contribution is -2.43. The number of ether oxygens (including phenoxy) is 1. The van der Waals surface area contributed by atoms with Gasteiger partial charge in [-0.1, -0.05) is 42.5 Å². The molecule has 3 heterocycles. The van der Waals surface area contributed by atoms with Crippen molar-refractivity contribution in [3.63, 3.8) is 0 Å². The fourth-order valence-corrected chi connectivity index (χ4v) is 4.64. The highest BCUT2D eigenvalue weighted by Gasteiger charge is 2.35. The van der Waals surface area contributed by atoms with Crippen molar-refractivity contribution in [2.24, 2.45) is 0 Å². The second-order valence-corrected chi connectivity index (χ2v) is 8.56. The topological polar surface area (TPSA) is 87.3 Å². The number of rotatable bonds is 5. The van der Waals surface area contributed by atoms with Crippen molar-refractivity contribution in [3.05, 3.63) is 71.7 Å². The van der Waals surface area contributed by atoms with Crippen molar-refractivity contribution in [2.75, 3.05) is 11.9 Å². The molecule has 2 aromatic heterocycles. The van der Waals surface area contributed by atoms with E-state index in [0.717, 1.165) is 34.1 Å². The molecule has 4 aromatic rings. The van der Waals surface area contributed by atoms with E-state index in [1.54, 1.807) is 0 Å². The Kier molecular flexibility index (Phi) is 5.60. The number of thiazole rings is 1. The molecular formula is C24H22N4O3S. The summed E-state index contributed by atoms with van der Waals surface area (Å²) in [4.78, 5) is 34.7. The number of likely N-dealkylation sites (tertiary alicyclic amines) is 1.